The standard InChI is InChI=1S/2C4H11NO2/c2*5-2-1-4(7)3-6/h2*4,6-7H,1-3,5H2. The number of aliphatic hydroxyl groups is 4. The Balaban J connectivity index is 0. The molecule has 0 aromatic rings. The van der Waals surface area contributed by atoms with Crippen molar-refractivity contribution in [1.29, 1.82) is 0 Å². The zero-order valence-corrected chi connectivity index (χ0v) is 8.34. The smallest absolute Gasteiger partial charge is 0.0782 e. The summed E-state index contributed by atoms with van der Waals surface area (Å²) in [7, 11) is 0. The first-order valence-corrected chi connectivity index (χ1v) is 4.60. The summed E-state index contributed by atoms with van der Waals surface area (Å²) in [6.07, 6.45) is -0.275. The van der Waals surface area contributed by atoms with Gasteiger partial charge in [0.05, 0.1) is 25.4 Å². The van der Waals surface area contributed by atoms with Crippen LogP contribution < -0.4 is 11.5 Å². The van der Waals surface area contributed by atoms with E-state index in [0.29, 0.717) is 25.9 Å². The van der Waals surface area contributed by atoms with Crippen LogP contribution in [0.3, 0.4) is 0 Å². The van der Waals surface area contributed by atoms with Gasteiger partial charge in [-0.1, -0.05) is 0 Å². The van der Waals surface area contributed by atoms with Crippen molar-refractivity contribution in [2.45, 2.75) is 25.0 Å². The van der Waals surface area contributed by atoms with Gasteiger partial charge in [0.2, 0.25) is 0 Å². The maximum absolute atomic E-state index is 8.53. The monoisotopic (exact) mass is 210 g/mol. The maximum Gasteiger partial charge on any atom is 0.0782 e. The van der Waals surface area contributed by atoms with Crippen LogP contribution in [0.25, 0.3) is 0 Å². The van der Waals surface area contributed by atoms with Crippen LogP contribution in [0.5, 0.6) is 0 Å². The molecule has 0 bridgehead atoms. The summed E-state index contributed by atoms with van der Waals surface area (Å²) in [5.41, 5.74) is 10.1. The number of hydrogen-bond donors (Lipinski definition) is 6. The average molecular weight is 210 g/mol. The quantitative estimate of drug-likeness (QED) is 0.284. The van der Waals surface area contributed by atoms with Crippen molar-refractivity contribution in [3.63, 3.8) is 0 Å². The largest absolute Gasteiger partial charge is 0.394 e. The van der Waals surface area contributed by atoms with Crippen LogP contribution in [0.2, 0.25) is 0 Å². The third-order valence-corrected chi connectivity index (χ3v) is 1.42. The van der Waals surface area contributed by atoms with Crippen molar-refractivity contribution in [1.82, 2.24) is 0 Å². The lowest BCUT2D eigenvalue weighted by Gasteiger charge is -2.01. The lowest BCUT2D eigenvalue weighted by atomic mass is 10.3. The zero-order valence-electron chi connectivity index (χ0n) is 8.34. The van der Waals surface area contributed by atoms with Crippen LogP contribution in [0.1, 0.15) is 12.8 Å². The van der Waals surface area contributed by atoms with Gasteiger partial charge in [0.1, 0.15) is 0 Å². The van der Waals surface area contributed by atoms with Crippen molar-refractivity contribution in [3.05, 3.63) is 0 Å². The second-order valence-electron chi connectivity index (χ2n) is 2.83. The second-order valence-corrected chi connectivity index (χ2v) is 2.83. The van der Waals surface area contributed by atoms with Crippen LogP contribution in [-0.4, -0.2) is 58.9 Å². The first-order chi connectivity index (χ1) is 6.62. The first kappa shape index (κ1) is 16.2. The zero-order chi connectivity index (χ0) is 11.4. The Bertz CT molecular complexity index is 93.3. The molecule has 2 unspecified atom stereocenters. The van der Waals surface area contributed by atoms with E-state index in [-0.39, 0.29) is 13.2 Å². The highest BCUT2D eigenvalue weighted by molar-refractivity contribution is 4.51. The Hall–Kier alpha value is -0.240. The van der Waals surface area contributed by atoms with Gasteiger partial charge in [-0.2, -0.15) is 0 Å². The van der Waals surface area contributed by atoms with Crippen molar-refractivity contribution < 1.29 is 20.4 Å². The predicted octanol–water partition coefficient (Wildman–Crippen LogP) is -2.62. The molecule has 0 radical (unpaired) electrons. The highest BCUT2D eigenvalue weighted by Crippen LogP contribution is 1.84. The Labute approximate surface area is 84.2 Å². The molecule has 6 nitrogen and oxygen atoms in total. The fraction of sp³-hybridized carbons (Fsp3) is 1.00. The van der Waals surface area contributed by atoms with E-state index in [0.717, 1.165) is 0 Å². The molecule has 0 spiro atoms. The molecular weight excluding hydrogens is 188 g/mol. The topological polar surface area (TPSA) is 133 Å². The van der Waals surface area contributed by atoms with E-state index < -0.39 is 12.2 Å². The van der Waals surface area contributed by atoms with Crippen LogP contribution in [0.15, 0.2) is 0 Å². The van der Waals surface area contributed by atoms with Gasteiger partial charge in [0.15, 0.2) is 0 Å². The summed E-state index contributed by atoms with van der Waals surface area (Å²) >= 11 is 0. The van der Waals surface area contributed by atoms with E-state index in [2.05, 4.69) is 0 Å². The molecule has 0 saturated carbocycles. The van der Waals surface area contributed by atoms with E-state index in [9.17, 15) is 0 Å². The Kier molecular flexibility index (Phi) is 14.8. The van der Waals surface area contributed by atoms with Gasteiger partial charge in [-0.15, -0.1) is 0 Å². The third-order valence-electron chi connectivity index (χ3n) is 1.42. The molecule has 0 rings (SSSR count). The van der Waals surface area contributed by atoms with E-state index in [4.69, 9.17) is 31.9 Å². The minimum absolute atomic E-state index is 0.183. The van der Waals surface area contributed by atoms with Crippen LogP contribution in [0.4, 0.5) is 0 Å². The van der Waals surface area contributed by atoms with Gasteiger partial charge in [-0.25, -0.2) is 0 Å². The summed E-state index contributed by atoms with van der Waals surface area (Å²) in [5.74, 6) is 0. The molecule has 0 aliphatic rings. The number of nitrogens with two attached hydrogens (primary N) is 2. The van der Waals surface area contributed by atoms with E-state index in [1.165, 1.54) is 0 Å². The Morgan fingerprint density at radius 3 is 1.14 bits per heavy atom. The summed E-state index contributed by atoms with van der Waals surface area (Å²) in [6, 6.07) is 0. The summed E-state index contributed by atoms with van der Waals surface area (Å²) in [4.78, 5) is 0. The van der Waals surface area contributed by atoms with Gasteiger partial charge in [-0.3, -0.25) is 0 Å². The van der Waals surface area contributed by atoms with E-state index in [1.54, 1.807) is 0 Å². The normalized spacial score (nSPS) is 14.1. The number of hydrogen-bond acceptors (Lipinski definition) is 6. The highest BCUT2D eigenvalue weighted by atomic mass is 16.3. The first-order valence-electron chi connectivity index (χ1n) is 4.60. The fourth-order valence-electron chi connectivity index (χ4n) is 0.567. The molecule has 0 saturated heterocycles. The van der Waals surface area contributed by atoms with Crippen molar-refractivity contribution >= 4 is 0 Å². The van der Waals surface area contributed by atoms with Gasteiger partial charge < -0.3 is 31.9 Å². The molecule has 88 valence electrons. The molecule has 0 aromatic heterocycles. The van der Waals surface area contributed by atoms with E-state index in [1.807, 2.05) is 0 Å². The van der Waals surface area contributed by atoms with Gasteiger partial charge in [0.25, 0.3) is 0 Å². The molecule has 0 aliphatic heterocycles. The van der Waals surface area contributed by atoms with Gasteiger partial charge in [-0.05, 0) is 25.9 Å². The summed E-state index contributed by atoms with van der Waals surface area (Å²) < 4.78 is 0. The molecule has 0 aliphatic carbocycles. The van der Waals surface area contributed by atoms with Gasteiger partial charge >= 0.3 is 0 Å². The summed E-state index contributed by atoms with van der Waals surface area (Å²) in [6.45, 7) is 0.498. The molecule has 8 N–H and O–H groups in total. The fourth-order valence-corrected chi connectivity index (χ4v) is 0.567. The Morgan fingerprint density at radius 1 is 0.786 bits per heavy atom. The van der Waals surface area contributed by atoms with Gasteiger partial charge in [0, 0.05) is 0 Å². The third kappa shape index (κ3) is 14.3. The molecule has 0 heterocycles. The van der Waals surface area contributed by atoms with Crippen LogP contribution >= 0.6 is 0 Å². The minimum Gasteiger partial charge on any atom is -0.394 e. The lowest BCUT2D eigenvalue weighted by molar-refractivity contribution is 0.0902. The van der Waals surface area contributed by atoms with Crippen molar-refractivity contribution in [2.75, 3.05) is 26.3 Å². The Morgan fingerprint density at radius 2 is 1.07 bits per heavy atom. The van der Waals surface area contributed by atoms with Crippen LogP contribution in [-0.2, 0) is 0 Å². The molecule has 14 heavy (non-hydrogen) atoms. The van der Waals surface area contributed by atoms with Crippen molar-refractivity contribution in [2.24, 2.45) is 11.5 Å². The minimum atomic E-state index is -0.620. The SMILES string of the molecule is NCCC(O)CO.NCCC(O)CO. The van der Waals surface area contributed by atoms with Crippen molar-refractivity contribution in [3.8, 4) is 0 Å². The highest BCUT2D eigenvalue weighted by Gasteiger charge is 1.96. The molecule has 6 heteroatoms. The molecule has 2 atom stereocenters. The van der Waals surface area contributed by atoms with E-state index >= 15 is 0 Å². The second kappa shape index (κ2) is 12.8. The summed E-state index contributed by atoms with van der Waals surface area (Å²) in [5, 5.41) is 33.4. The molecule has 0 amide bonds. The lowest BCUT2D eigenvalue weighted by Crippen LogP contribution is -2.16. The molecule has 0 fully saturated rings. The number of rotatable bonds is 6. The maximum atomic E-state index is 8.53. The predicted molar refractivity (Wildman–Crippen MR) is 53.5 cm³/mol. The molecular formula is C8H22N2O4. The number of aliphatic hydroxyl groups excluding tert-OH is 4. The van der Waals surface area contributed by atoms with Crippen LogP contribution in [0, 0.1) is 0 Å². The molecule has 0 aromatic carbocycles. The average Bonchev–Trinajstić information content (AvgIpc) is 2.19.